The Balaban J connectivity index is 2.13. The summed E-state index contributed by atoms with van der Waals surface area (Å²) in [6.45, 7) is 7.11. The van der Waals surface area contributed by atoms with Gasteiger partial charge in [-0.05, 0) is 62.6 Å². The summed E-state index contributed by atoms with van der Waals surface area (Å²) in [5.41, 5.74) is 3.81. The number of carbonyl (C=O) groups is 2. The first-order valence-electron chi connectivity index (χ1n) is 12.8. The Morgan fingerprint density at radius 1 is 0.923 bits per heavy atom. The second-order valence-corrected chi connectivity index (χ2v) is 11.4. The molecule has 0 unspecified atom stereocenters. The van der Waals surface area contributed by atoms with Crippen molar-refractivity contribution in [2.45, 2.75) is 51.6 Å². The zero-order chi connectivity index (χ0) is 28.7. The van der Waals surface area contributed by atoms with Crippen molar-refractivity contribution in [1.82, 2.24) is 10.2 Å². The summed E-state index contributed by atoms with van der Waals surface area (Å²) < 4.78 is 34.7. The van der Waals surface area contributed by atoms with Gasteiger partial charge in [-0.15, -0.1) is 0 Å². The predicted octanol–water partition coefficient (Wildman–Crippen LogP) is 4.37. The number of hydrogen-bond donors (Lipinski definition) is 1. The maximum Gasteiger partial charge on any atom is 0.264 e. The van der Waals surface area contributed by atoms with E-state index in [1.54, 1.807) is 24.3 Å². The Morgan fingerprint density at radius 2 is 1.56 bits per heavy atom. The fourth-order valence-electron chi connectivity index (χ4n) is 4.44. The summed E-state index contributed by atoms with van der Waals surface area (Å²) in [7, 11) is -1.21. The molecule has 0 bridgehead atoms. The first-order chi connectivity index (χ1) is 18.5. The number of hydrogen-bond acceptors (Lipinski definition) is 5. The van der Waals surface area contributed by atoms with Crippen LogP contribution in [0.15, 0.2) is 71.6 Å². The number of aryl methyl sites for hydroxylation is 3. The molecule has 2 amide bonds. The Kier molecular flexibility index (Phi) is 9.75. The van der Waals surface area contributed by atoms with E-state index in [9.17, 15) is 18.0 Å². The maximum absolute atomic E-state index is 14.1. The van der Waals surface area contributed by atoms with Crippen molar-refractivity contribution in [1.29, 1.82) is 0 Å². The topological polar surface area (TPSA) is 96.0 Å². The van der Waals surface area contributed by atoms with Crippen LogP contribution in [-0.2, 0) is 26.2 Å². The number of carbonyl (C=O) groups excluding carboxylic acids is 2. The fourth-order valence-corrected chi connectivity index (χ4v) is 5.86. The van der Waals surface area contributed by atoms with Gasteiger partial charge in [0, 0.05) is 13.6 Å². The largest absolute Gasteiger partial charge is 0.495 e. The van der Waals surface area contributed by atoms with Gasteiger partial charge in [0.1, 0.15) is 18.3 Å². The molecule has 0 saturated carbocycles. The van der Waals surface area contributed by atoms with E-state index in [-0.39, 0.29) is 23.0 Å². The molecule has 0 aliphatic heterocycles. The number of amides is 2. The van der Waals surface area contributed by atoms with E-state index in [1.165, 1.54) is 31.2 Å². The van der Waals surface area contributed by atoms with Gasteiger partial charge in [-0.3, -0.25) is 13.9 Å². The molecule has 9 heteroatoms. The molecule has 1 atom stereocenters. The molecule has 3 aromatic rings. The van der Waals surface area contributed by atoms with Crippen LogP contribution < -0.4 is 14.4 Å². The van der Waals surface area contributed by atoms with E-state index in [0.717, 1.165) is 26.6 Å². The van der Waals surface area contributed by atoms with Crippen molar-refractivity contribution in [2.75, 3.05) is 25.0 Å². The lowest BCUT2D eigenvalue weighted by atomic mass is 10.1. The molecule has 0 aliphatic carbocycles. The summed E-state index contributed by atoms with van der Waals surface area (Å²) in [5, 5.41) is 2.64. The highest BCUT2D eigenvalue weighted by molar-refractivity contribution is 7.92. The summed E-state index contributed by atoms with van der Waals surface area (Å²) in [5.74, 6) is -0.515. The summed E-state index contributed by atoms with van der Waals surface area (Å²) in [6, 6.07) is 18.5. The Hall–Kier alpha value is -3.85. The second-order valence-electron chi connectivity index (χ2n) is 9.55. The van der Waals surface area contributed by atoms with E-state index in [0.29, 0.717) is 12.2 Å². The van der Waals surface area contributed by atoms with Gasteiger partial charge in [-0.25, -0.2) is 8.42 Å². The van der Waals surface area contributed by atoms with Crippen LogP contribution in [0.3, 0.4) is 0 Å². The average Bonchev–Trinajstić information content (AvgIpc) is 2.91. The molecule has 208 valence electrons. The zero-order valence-electron chi connectivity index (χ0n) is 23.4. The molecule has 0 aliphatic rings. The van der Waals surface area contributed by atoms with E-state index >= 15 is 0 Å². The van der Waals surface area contributed by atoms with Crippen molar-refractivity contribution < 1.29 is 22.7 Å². The molecule has 0 fully saturated rings. The molecule has 0 spiro atoms. The van der Waals surface area contributed by atoms with Crippen LogP contribution in [0, 0.1) is 20.8 Å². The van der Waals surface area contributed by atoms with Gasteiger partial charge in [-0.2, -0.15) is 0 Å². The third-order valence-electron chi connectivity index (χ3n) is 6.56. The third kappa shape index (κ3) is 6.97. The Morgan fingerprint density at radius 3 is 2.15 bits per heavy atom. The highest BCUT2D eigenvalue weighted by atomic mass is 32.2. The van der Waals surface area contributed by atoms with Gasteiger partial charge in [0.25, 0.3) is 10.0 Å². The van der Waals surface area contributed by atoms with Gasteiger partial charge in [-0.1, -0.05) is 60.5 Å². The number of sulfonamides is 1. The van der Waals surface area contributed by atoms with E-state index in [2.05, 4.69) is 5.32 Å². The van der Waals surface area contributed by atoms with Crippen LogP contribution in [0.2, 0.25) is 0 Å². The molecule has 3 aromatic carbocycles. The lowest BCUT2D eigenvalue weighted by molar-refractivity contribution is -0.140. The molecule has 0 aromatic heterocycles. The Bertz CT molecular complexity index is 1420. The normalized spacial score (nSPS) is 11.9. The lowest BCUT2D eigenvalue weighted by Crippen LogP contribution is -2.51. The SMILES string of the molecule is CC[C@H](C(=O)NC)N(Cc1cccc(C)c1)C(=O)CN(c1cc(C)ccc1OC)S(=O)(=O)c1ccc(C)cc1. The molecule has 1 N–H and O–H groups in total. The molecule has 0 radical (unpaired) electrons. The number of benzene rings is 3. The highest BCUT2D eigenvalue weighted by Crippen LogP contribution is 2.34. The molecule has 0 heterocycles. The first kappa shape index (κ1) is 29.7. The first-order valence-corrected chi connectivity index (χ1v) is 14.3. The van der Waals surface area contributed by atoms with Crippen molar-refractivity contribution in [2.24, 2.45) is 0 Å². The molecular weight excluding hydrogens is 514 g/mol. The van der Waals surface area contributed by atoms with Crippen molar-refractivity contribution in [3.05, 3.63) is 89.0 Å². The number of anilines is 1. The van der Waals surface area contributed by atoms with Crippen LogP contribution in [-0.4, -0.2) is 51.9 Å². The fraction of sp³-hybridized carbons (Fsp3) is 0.333. The second kappa shape index (κ2) is 12.8. The standard InChI is InChI=1S/C30H37N3O5S/c1-7-26(30(35)31-5)32(19-24-10-8-9-22(3)17-24)29(34)20-33(27-18-23(4)13-16-28(27)38-6)39(36,37)25-14-11-21(2)12-15-25/h8-18,26H,7,19-20H2,1-6H3,(H,31,35)/t26-/m1/s1. The van der Waals surface area contributed by atoms with Gasteiger partial charge in [0.2, 0.25) is 11.8 Å². The smallest absolute Gasteiger partial charge is 0.264 e. The number of nitrogens with zero attached hydrogens (tertiary/aromatic N) is 2. The monoisotopic (exact) mass is 551 g/mol. The third-order valence-corrected chi connectivity index (χ3v) is 8.33. The van der Waals surface area contributed by atoms with Gasteiger partial charge >= 0.3 is 0 Å². The zero-order valence-corrected chi connectivity index (χ0v) is 24.2. The van der Waals surface area contributed by atoms with E-state index in [4.69, 9.17) is 4.74 Å². The molecule has 0 saturated heterocycles. The maximum atomic E-state index is 14.1. The number of likely N-dealkylation sites (N-methyl/N-ethyl adjacent to an activating group) is 1. The van der Waals surface area contributed by atoms with Crippen molar-refractivity contribution in [3.8, 4) is 5.75 Å². The average molecular weight is 552 g/mol. The van der Waals surface area contributed by atoms with Crippen LogP contribution in [0.25, 0.3) is 0 Å². The lowest BCUT2D eigenvalue weighted by Gasteiger charge is -2.33. The van der Waals surface area contributed by atoms with E-state index < -0.39 is 28.5 Å². The van der Waals surface area contributed by atoms with Crippen molar-refractivity contribution >= 4 is 27.5 Å². The summed E-state index contributed by atoms with van der Waals surface area (Å²) >= 11 is 0. The minimum Gasteiger partial charge on any atom is -0.495 e. The van der Waals surface area contributed by atoms with Crippen LogP contribution in [0.5, 0.6) is 5.75 Å². The van der Waals surface area contributed by atoms with Gasteiger partial charge in [0.05, 0.1) is 17.7 Å². The van der Waals surface area contributed by atoms with Crippen LogP contribution in [0.4, 0.5) is 5.69 Å². The van der Waals surface area contributed by atoms with E-state index in [1.807, 2.05) is 58.0 Å². The highest BCUT2D eigenvalue weighted by Gasteiger charge is 2.34. The molecule has 3 rings (SSSR count). The number of nitrogens with one attached hydrogen (secondary N) is 1. The number of methoxy groups -OCH3 is 1. The van der Waals surface area contributed by atoms with Crippen LogP contribution in [0.1, 0.15) is 35.6 Å². The number of ether oxygens (including phenoxy) is 1. The summed E-state index contributed by atoms with van der Waals surface area (Å²) in [6.07, 6.45) is 0.357. The molecular formula is C30H37N3O5S. The quantitative estimate of drug-likeness (QED) is 0.382. The van der Waals surface area contributed by atoms with Gasteiger partial charge < -0.3 is 15.0 Å². The molecule has 8 nitrogen and oxygen atoms in total. The predicted molar refractivity (Wildman–Crippen MR) is 153 cm³/mol. The van der Waals surface area contributed by atoms with Gasteiger partial charge in [0.15, 0.2) is 0 Å². The summed E-state index contributed by atoms with van der Waals surface area (Å²) in [4.78, 5) is 28.4. The van der Waals surface area contributed by atoms with Crippen LogP contribution >= 0.6 is 0 Å². The minimum atomic E-state index is -4.18. The van der Waals surface area contributed by atoms with Crippen molar-refractivity contribution in [3.63, 3.8) is 0 Å². The Labute approximate surface area is 231 Å². The number of rotatable bonds is 11. The molecule has 39 heavy (non-hydrogen) atoms. The minimum absolute atomic E-state index is 0.0491.